The van der Waals surface area contributed by atoms with E-state index < -0.39 is 0 Å². The van der Waals surface area contributed by atoms with Gasteiger partial charge in [-0.05, 0) is 25.0 Å². The minimum absolute atomic E-state index is 0.0314. The van der Waals surface area contributed by atoms with Crippen molar-refractivity contribution in [1.82, 2.24) is 19.8 Å². The van der Waals surface area contributed by atoms with Gasteiger partial charge in [-0.3, -0.25) is 9.59 Å². The van der Waals surface area contributed by atoms with Crippen LogP contribution >= 0.6 is 0 Å². The third-order valence-corrected chi connectivity index (χ3v) is 5.53. The second-order valence-electron chi connectivity index (χ2n) is 7.25. The van der Waals surface area contributed by atoms with Crippen molar-refractivity contribution < 1.29 is 14.3 Å². The number of likely N-dealkylation sites (tertiary alicyclic amines) is 1. The van der Waals surface area contributed by atoms with Crippen LogP contribution in [-0.4, -0.2) is 51.8 Å². The van der Waals surface area contributed by atoms with Crippen LogP contribution in [-0.2, 0) is 17.8 Å². The predicted octanol–water partition coefficient (Wildman–Crippen LogP) is 2.37. The predicted molar refractivity (Wildman–Crippen MR) is 103 cm³/mol. The fourth-order valence-corrected chi connectivity index (χ4v) is 4.07. The van der Waals surface area contributed by atoms with E-state index in [1.807, 2.05) is 23.2 Å². The van der Waals surface area contributed by atoms with Crippen LogP contribution in [0.4, 0.5) is 0 Å². The molecule has 4 rings (SSSR count). The van der Waals surface area contributed by atoms with E-state index >= 15 is 0 Å². The monoisotopic (exact) mass is 380 g/mol. The van der Waals surface area contributed by atoms with E-state index in [0.717, 1.165) is 36.5 Å². The molecule has 2 aromatic rings. The molecular formula is C21H24N4O3. The Morgan fingerprint density at radius 2 is 2.04 bits per heavy atom. The molecule has 7 nitrogen and oxygen atoms in total. The van der Waals surface area contributed by atoms with Gasteiger partial charge in [0.25, 0.3) is 5.91 Å². The van der Waals surface area contributed by atoms with Gasteiger partial charge in [-0.2, -0.15) is 0 Å². The van der Waals surface area contributed by atoms with Crippen LogP contribution in [0.25, 0.3) is 0 Å². The van der Waals surface area contributed by atoms with Gasteiger partial charge in [0.15, 0.2) is 5.82 Å². The highest BCUT2D eigenvalue weighted by Gasteiger charge is 2.31. The molecule has 1 fully saturated rings. The van der Waals surface area contributed by atoms with Crippen LogP contribution in [0.2, 0.25) is 0 Å². The molecule has 0 unspecified atom stereocenters. The molecule has 146 valence electrons. The van der Waals surface area contributed by atoms with Crippen molar-refractivity contribution in [1.29, 1.82) is 0 Å². The minimum atomic E-state index is -0.0503. The van der Waals surface area contributed by atoms with Crippen molar-refractivity contribution in [3.63, 3.8) is 0 Å². The topological polar surface area (TPSA) is 75.6 Å². The summed E-state index contributed by atoms with van der Waals surface area (Å²) in [5.74, 6) is 1.31. The number of aromatic nitrogens is 2. The highest BCUT2D eigenvalue weighted by Crippen LogP contribution is 2.31. The highest BCUT2D eigenvalue weighted by atomic mass is 16.5. The number of carbonyl (C=O) groups is 2. The second kappa shape index (κ2) is 7.58. The van der Waals surface area contributed by atoms with Crippen molar-refractivity contribution in [3.05, 3.63) is 53.1 Å². The van der Waals surface area contributed by atoms with E-state index in [4.69, 9.17) is 9.72 Å². The number of ether oxygens (including phenoxy) is 1. The summed E-state index contributed by atoms with van der Waals surface area (Å²) in [7, 11) is 1.57. The third-order valence-electron chi connectivity index (χ3n) is 5.53. The first-order valence-electron chi connectivity index (χ1n) is 9.62. The van der Waals surface area contributed by atoms with E-state index in [9.17, 15) is 9.59 Å². The van der Waals surface area contributed by atoms with Crippen LogP contribution in [0, 0.1) is 0 Å². The molecule has 7 heteroatoms. The first-order chi connectivity index (χ1) is 13.6. The van der Waals surface area contributed by atoms with Gasteiger partial charge in [-0.1, -0.05) is 12.1 Å². The fraction of sp³-hybridized carbons (Fsp3) is 0.429. The standard InChI is InChI=1S/C21H24N4O3/c1-14(26)25-10-5-7-18(25)20-22-12-15-13-24(11-9-17(15)23-20)21(27)16-6-3-4-8-19(16)28-2/h3-4,6,8,12,18H,5,7,9-11,13H2,1-2H3/t18-/m1/s1. The number of rotatable bonds is 3. The lowest BCUT2D eigenvalue weighted by atomic mass is 10.0. The summed E-state index contributed by atoms with van der Waals surface area (Å²) in [4.78, 5) is 37.7. The molecular weight excluding hydrogens is 356 g/mol. The lowest BCUT2D eigenvalue weighted by molar-refractivity contribution is -0.129. The lowest BCUT2D eigenvalue weighted by Crippen LogP contribution is -2.37. The number of hydrogen-bond acceptors (Lipinski definition) is 5. The van der Waals surface area contributed by atoms with E-state index in [2.05, 4.69) is 4.98 Å². The molecule has 0 N–H and O–H groups in total. The molecule has 0 spiro atoms. The summed E-state index contributed by atoms with van der Waals surface area (Å²) in [5.41, 5.74) is 2.50. The summed E-state index contributed by atoms with van der Waals surface area (Å²) < 4.78 is 5.32. The molecule has 1 atom stereocenters. The van der Waals surface area contributed by atoms with Gasteiger partial charge >= 0.3 is 0 Å². The Bertz CT molecular complexity index is 914. The van der Waals surface area contributed by atoms with Gasteiger partial charge in [-0.15, -0.1) is 0 Å². The van der Waals surface area contributed by atoms with Gasteiger partial charge in [0, 0.05) is 44.7 Å². The molecule has 1 saturated heterocycles. The Balaban J connectivity index is 1.54. The largest absolute Gasteiger partial charge is 0.496 e. The average Bonchev–Trinajstić information content (AvgIpc) is 3.22. The molecule has 0 radical (unpaired) electrons. The molecule has 1 aromatic carbocycles. The van der Waals surface area contributed by atoms with Crippen LogP contribution in [0.1, 0.15) is 53.2 Å². The van der Waals surface area contributed by atoms with Gasteiger partial charge in [0.1, 0.15) is 5.75 Å². The normalized spacial score (nSPS) is 18.7. The zero-order valence-corrected chi connectivity index (χ0v) is 16.2. The van der Waals surface area contributed by atoms with Crippen molar-refractivity contribution >= 4 is 11.8 Å². The van der Waals surface area contributed by atoms with Crippen LogP contribution in [0.3, 0.4) is 0 Å². The third kappa shape index (κ3) is 3.32. The van der Waals surface area contributed by atoms with Crippen molar-refractivity contribution in [2.75, 3.05) is 20.2 Å². The zero-order valence-electron chi connectivity index (χ0n) is 16.2. The Kier molecular flexibility index (Phi) is 4.98. The minimum Gasteiger partial charge on any atom is -0.496 e. The molecule has 0 saturated carbocycles. The summed E-state index contributed by atoms with van der Waals surface area (Å²) >= 11 is 0. The Morgan fingerprint density at radius 3 is 2.82 bits per heavy atom. The molecule has 28 heavy (non-hydrogen) atoms. The van der Waals surface area contributed by atoms with Crippen molar-refractivity contribution in [3.8, 4) is 5.75 Å². The van der Waals surface area contributed by atoms with Crippen LogP contribution < -0.4 is 4.74 Å². The van der Waals surface area contributed by atoms with Crippen LogP contribution in [0.15, 0.2) is 30.5 Å². The molecule has 2 aliphatic heterocycles. The van der Waals surface area contributed by atoms with Crippen LogP contribution in [0.5, 0.6) is 5.75 Å². The first kappa shape index (κ1) is 18.4. The van der Waals surface area contributed by atoms with Crippen molar-refractivity contribution in [2.45, 2.75) is 38.8 Å². The first-order valence-corrected chi connectivity index (χ1v) is 9.62. The molecule has 3 heterocycles. The number of hydrogen-bond donors (Lipinski definition) is 0. The number of carbonyl (C=O) groups excluding carboxylic acids is 2. The fourth-order valence-electron chi connectivity index (χ4n) is 4.07. The maximum absolute atomic E-state index is 12.9. The molecule has 0 bridgehead atoms. The summed E-state index contributed by atoms with van der Waals surface area (Å²) in [6.07, 6.45) is 4.37. The van der Waals surface area contributed by atoms with Gasteiger partial charge in [0.05, 0.1) is 24.4 Å². The smallest absolute Gasteiger partial charge is 0.257 e. The maximum Gasteiger partial charge on any atom is 0.257 e. The maximum atomic E-state index is 12.9. The van der Waals surface area contributed by atoms with Gasteiger partial charge in [0.2, 0.25) is 5.91 Å². The Morgan fingerprint density at radius 1 is 1.21 bits per heavy atom. The van der Waals surface area contributed by atoms with E-state index in [1.165, 1.54) is 0 Å². The van der Waals surface area contributed by atoms with E-state index in [1.54, 1.807) is 31.1 Å². The van der Waals surface area contributed by atoms with Gasteiger partial charge < -0.3 is 14.5 Å². The lowest BCUT2D eigenvalue weighted by Gasteiger charge is -2.29. The van der Waals surface area contributed by atoms with E-state index in [0.29, 0.717) is 30.8 Å². The SMILES string of the molecule is COc1ccccc1C(=O)N1CCc2nc([C@H]3CCCN3C(C)=O)ncc2C1. The number of amides is 2. The second-order valence-corrected chi connectivity index (χ2v) is 7.25. The Labute approximate surface area is 164 Å². The summed E-state index contributed by atoms with van der Waals surface area (Å²) in [6.45, 7) is 3.44. The average molecular weight is 380 g/mol. The highest BCUT2D eigenvalue weighted by molar-refractivity contribution is 5.97. The number of nitrogens with zero attached hydrogens (tertiary/aromatic N) is 4. The number of para-hydroxylation sites is 1. The zero-order chi connectivity index (χ0) is 19.7. The summed E-state index contributed by atoms with van der Waals surface area (Å²) in [5, 5.41) is 0. The molecule has 2 amide bonds. The number of methoxy groups -OCH3 is 1. The Hall–Kier alpha value is -2.96. The van der Waals surface area contributed by atoms with E-state index in [-0.39, 0.29) is 17.9 Å². The summed E-state index contributed by atoms with van der Waals surface area (Å²) in [6, 6.07) is 7.24. The number of benzene rings is 1. The van der Waals surface area contributed by atoms with Gasteiger partial charge in [-0.25, -0.2) is 9.97 Å². The number of fused-ring (bicyclic) bond motifs is 1. The quantitative estimate of drug-likeness (QED) is 0.817. The molecule has 1 aromatic heterocycles. The van der Waals surface area contributed by atoms with Crippen molar-refractivity contribution in [2.24, 2.45) is 0 Å². The molecule has 0 aliphatic carbocycles. The molecule has 2 aliphatic rings.